The number of anilines is 1. The Bertz CT molecular complexity index is 1580. The van der Waals surface area contributed by atoms with Gasteiger partial charge in [0.25, 0.3) is 5.91 Å². The van der Waals surface area contributed by atoms with Gasteiger partial charge in [-0.15, -0.1) is 0 Å². The lowest BCUT2D eigenvalue weighted by molar-refractivity contribution is -0.121. The number of rotatable bonds is 5. The monoisotopic (exact) mass is 501 g/mol. The fraction of sp³-hybridized carbons (Fsp3) is 0.0741. The molecule has 1 aromatic heterocycles. The fourth-order valence-electron chi connectivity index (χ4n) is 3.76. The standard InChI is InChI=1S/C27H20ClN3O3S/c1-16-5-2-6-18(13-16)33-15-25(32)31-27(35)29-17-11-12-24-23(14-17)30-26(34-24)21-9-3-8-20-19(21)7-4-10-22(20)28/h2-14H,15H2,1H3,(H2,29,31,32,35). The summed E-state index contributed by atoms with van der Waals surface area (Å²) in [5.41, 5.74) is 3.86. The first-order valence-electron chi connectivity index (χ1n) is 10.8. The zero-order valence-electron chi connectivity index (χ0n) is 18.7. The van der Waals surface area contributed by atoms with E-state index in [1.165, 1.54) is 0 Å². The van der Waals surface area contributed by atoms with Crippen LogP contribution >= 0.6 is 23.8 Å². The molecule has 1 amide bonds. The van der Waals surface area contributed by atoms with E-state index in [-0.39, 0.29) is 17.6 Å². The maximum atomic E-state index is 12.2. The molecule has 0 saturated heterocycles. The summed E-state index contributed by atoms with van der Waals surface area (Å²) >= 11 is 11.6. The highest BCUT2D eigenvalue weighted by molar-refractivity contribution is 7.80. The van der Waals surface area contributed by atoms with Crippen LogP contribution in [0.3, 0.4) is 0 Å². The molecule has 4 aromatic carbocycles. The molecule has 5 rings (SSSR count). The van der Waals surface area contributed by atoms with E-state index in [0.717, 1.165) is 21.9 Å². The van der Waals surface area contributed by atoms with Crippen LogP contribution in [0.15, 0.2) is 83.3 Å². The van der Waals surface area contributed by atoms with E-state index in [0.29, 0.717) is 33.4 Å². The van der Waals surface area contributed by atoms with Crippen molar-refractivity contribution in [1.82, 2.24) is 10.3 Å². The molecule has 2 N–H and O–H groups in total. The number of benzene rings is 4. The van der Waals surface area contributed by atoms with Crippen molar-refractivity contribution in [3.8, 4) is 17.2 Å². The molecule has 0 saturated carbocycles. The van der Waals surface area contributed by atoms with Crippen molar-refractivity contribution in [2.45, 2.75) is 6.92 Å². The lowest BCUT2D eigenvalue weighted by Gasteiger charge is -2.10. The van der Waals surface area contributed by atoms with Gasteiger partial charge in [0, 0.05) is 21.7 Å². The van der Waals surface area contributed by atoms with Gasteiger partial charge >= 0.3 is 0 Å². The van der Waals surface area contributed by atoms with Crippen molar-refractivity contribution in [3.05, 3.63) is 89.4 Å². The van der Waals surface area contributed by atoms with Gasteiger partial charge in [-0.3, -0.25) is 10.1 Å². The number of aryl methyl sites for hydroxylation is 1. The van der Waals surface area contributed by atoms with Gasteiger partial charge in [-0.05, 0) is 72.6 Å². The number of fused-ring (bicyclic) bond motifs is 2. The minimum Gasteiger partial charge on any atom is -0.484 e. The van der Waals surface area contributed by atoms with E-state index in [1.54, 1.807) is 18.2 Å². The van der Waals surface area contributed by atoms with E-state index < -0.39 is 0 Å². The third kappa shape index (κ3) is 5.11. The molecule has 35 heavy (non-hydrogen) atoms. The van der Waals surface area contributed by atoms with Gasteiger partial charge in [-0.1, -0.05) is 48.0 Å². The molecule has 5 aromatic rings. The molecular weight excluding hydrogens is 482 g/mol. The highest BCUT2D eigenvalue weighted by Gasteiger charge is 2.13. The average Bonchev–Trinajstić information content (AvgIpc) is 3.26. The Morgan fingerprint density at radius 1 is 1.03 bits per heavy atom. The van der Waals surface area contributed by atoms with Crippen molar-refractivity contribution in [3.63, 3.8) is 0 Å². The smallest absolute Gasteiger partial charge is 0.264 e. The number of amides is 1. The number of ether oxygens (including phenoxy) is 1. The highest BCUT2D eigenvalue weighted by Crippen LogP contribution is 2.33. The Hall–Kier alpha value is -3.94. The maximum Gasteiger partial charge on any atom is 0.264 e. The van der Waals surface area contributed by atoms with E-state index in [4.69, 9.17) is 33.0 Å². The summed E-state index contributed by atoms with van der Waals surface area (Å²) in [5, 5.41) is 8.35. The normalized spacial score (nSPS) is 10.9. The van der Waals surface area contributed by atoms with Gasteiger partial charge in [0.2, 0.25) is 5.89 Å². The molecule has 0 radical (unpaired) electrons. The summed E-state index contributed by atoms with van der Waals surface area (Å²) in [6.07, 6.45) is 0. The quantitative estimate of drug-likeness (QED) is 0.268. The van der Waals surface area contributed by atoms with Gasteiger partial charge in [0.1, 0.15) is 11.3 Å². The number of nitrogens with zero attached hydrogens (tertiary/aromatic N) is 1. The van der Waals surface area contributed by atoms with Crippen molar-refractivity contribution in [2.75, 3.05) is 11.9 Å². The second-order valence-corrected chi connectivity index (χ2v) is 8.76. The van der Waals surface area contributed by atoms with E-state index in [1.807, 2.05) is 67.6 Å². The SMILES string of the molecule is Cc1cccc(OCC(=O)NC(=S)Nc2ccc3oc(-c4cccc5c(Cl)cccc45)nc3c2)c1. The Morgan fingerprint density at radius 3 is 2.69 bits per heavy atom. The Labute approximate surface area is 211 Å². The molecule has 174 valence electrons. The highest BCUT2D eigenvalue weighted by atomic mass is 35.5. The van der Waals surface area contributed by atoms with E-state index in [9.17, 15) is 4.79 Å². The number of nitrogens with one attached hydrogen (secondary N) is 2. The summed E-state index contributed by atoms with van der Waals surface area (Å²) in [7, 11) is 0. The van der Waals surface area contributed by atoms with Crippen LogP contribution in [0.5, 0.6) is 5.75 Å². The number of hydrogen-bond donors (Lipinski definition) is 2. The predicted molar refractivity (Wildman–Crippen MR) is 143 cm³/mol. The number of thiocarbonyl (C=S) groups is 1. The summed E-state index contributed by atoms with van der Waals surface area (Å²) in [6, 6.07) is 24.5. The summed E-state index contributed by atoms with van der Waals surface area (Å²) in [6.45, 7) is 1.81. The average molecular weight is 502 g/mol. The van der Waals surface area contributed by atoms with Crippen molar-refractivity contribution < 1.29 is 13.9 Å². The third-order valence-corrected chi connectivity index (χ3v) is 5.89. The first kappa shape index (κ1) is 22.8. The van der Waals surface area contributed by atoms with Crippen LogP contribution in [0.25, 0.3) is 33.3 Å². The molecule has 0 aliphatic rings. The molecule has 0 aliphatic heterocycles. The molecule has 0 unspecified atom stereocenters. The van der Waals surface area contributed by atoms with Gasteiger partial charge in [0.15, 0.2) is 17.3 Å². The summed E-state index contributed by atoms with van der Waals surface area (Å²) < 4.78 is 11.5. The molecule has 0 fully saturated rings. The number of halogens is 1. The molecule has 0 atom stereocenters. The van der Waals surface area contributed by atoms with Gasteiger partial charge in [0.05, 0.1) is 0 Å². The molecule has 1 heterocycles. The molecule has 0 spiro atoms. The van der Waals surface area contributed by atoms with Crippen molar-refractivity contribution >= 4 is 62.4 Å². The van der Waals surface area contributed by atoms with Crippen LogP contribution in [0, 0.1) is 6.92 Å². The van der Waals surface area contributed by atoms with Gasteiger partial charge < -0.3 is 14.5 Å². The Balaban J connectivity index is 1.28. The zero-order valence-corrected chi connectivity index (χ0v) is 20.2. The van der Waals surface area contributed by atoms with Crippen LogP contribution in [0.2, 0.25) is 5.02 Å². The van der Waals surface area contributed by atoms with Crippen LogP contribution in [0.1, 0.15) is 5.56 Å². The zero-order chi connectivity index (χ0) is 24.4. The van der Waals surface area contributed by atoms with Crippen LogP contribution < -0.4 is 15.4 Å². The first-order valence-corrected chi connectivity index (χ1v) is 11.6. The lowest BCUT2D eigenvalue weighted by Crippen LogP contribution is -2.37. The van der Waals surface area contributed by atoms with Gasteiger partial charge in [-0.25, -0.2) is 4.98 Å². The molecule has 0 bridgehead atoms. The molecule has 8 heteroatoms. The second-order valence-electron chi connectivity index (χ2n) is 7.95. The summed E-state index contributed by atoms with van der Waals surface area (Å²) in [5.74, 6) is 0.761. The largest absolute Gasteiger partial charge is 0.484 e. The minimum atomic E-state index is -0.358. The lowest BCUT2D eigenvalue weighted by atomic mass is 10.0. The van der Waals surface area contributed by atoms with Crippen molar-refractivity contribution in [1.29, 1.82) is 0 Å². The number of hydrogen-bond acceptors (Lipinski definition) is 5. The summed E-state index contributed by atoms with van der Waals surface area (Å²) in [4.78, 5) is 16.9. The number of carbonyl (C=O) groups is 1. The molecule has 6 nitrogen and oxygen atoms in total. The second kappa shape index (κ2) is 9.74. The Morgan fingerprint density at radius 2 is 1.83 bits per heavy atom. The maximum absolute atomic E-state index is 12.2. The predicted octanol–water partition coefficient (Wildman–Crippen LogP) is 6.50. The number of aromatic nitrogens is 1. The topological polar surface area (TPSA) is 76.4 Å². The van der Waals surface area contributed by atoms with Crippen LogP contribution in [-0.4, -0.2) is 22.6 Å². The van der Waals surface area contributed by atoms with E-state index >= 15 is 0 Å². The van der Waals surface area contributed by atoms with Crippen LogP contribution in [0.4, 0.5) is 5.69 Å². The van der Waals surface area contributed by atoms with Gasteiger partial charge in [-0.2, -0.15) is 0 Å². The number of oxazole rings is 1. The van der Waals surface area contributed by atoms with Crippen molar-refractivity contribution in [2.24, 2.45) is 0 Å². The first-order chi connectivity index (χ1) is 17.0. The molecule has 0 aliphatic carbocycles. The van der Waals surface area contributed by atoms with E-state index in [2.05, 4.69) is 15.6 Å². The third-order valence-electron chi connectivity index (χ3n) is 5.36. The number of carbonyl (C=O) groups excluding carboxylic acids is 1. The Kier molecular flexibility index (Phi) is 6.35. The minimum absolute atomic E-state index is 0.147. The molecular formula is C27H20ClN3O3S. The van der Waals surface area contributed by atoms with Crippen LogP contribution in [-0.2, 0) is 4.79 Å². The fourth-order valence-corrected chi connectivity index (χ4v) is 4.23.